The SMILES string of the molecule is CO[C@@H]1C[C@H](CNC(=O)c2ccc3cncn3c2)N(c2ccncn2)C1. The number of nitrogens with one attached hydrogen (secondary N) is 1. The number of hydrogen-bond donors (Lipinski definition) is 1. The summed E-state index contributed by atoms with van der Waals surface area (Å²) < 4.78 is 7.35. The van der Waals surface area contributed by atoms with Crippen LogP contribution in [0.1, 0.15) is 16.8 Å². The third-order valence-electron chi connectivity index (χ3n) is 4.74. The maximum atomic E-state index is 12.5. The number of pyridine rings is 1. The van der Waals surface area contributed by atoms with Crippen molar-refractivity contribution in [3.8, 4) is 0 Å². The first-order valence-electron chi connectivity index (χ1n) is 8.50. The van der Waals surface area contributed by atoms with Gasteiger partial charge >= 0.3 is 0 Å². The summed E-state index contributed by atoms with van der Waals surface area (Å²) in [6.07, 6.45) is 9.43. The molecule has 0 aliphatic carbocycles. The van der Waals surface area contributed by atoms with E-state index in [0.717, 1.165) is 24.3 Å². The predicted molar refractivity (Wildman–Crippen MR) is 96.1 cm³/mol. The molecule has 1 aliphatic heterocycles. The van der Waals surface area contributed by atoms with Gasteiger partial charge in [-0.15, -0.1) is 0 Å². The maximum absolute atomic E-state index is 12.5. The van der Waals surface area contributed by atoms with Crippen molar-refractivity contribution in [1.82, 2.24) is 24.7 Å². The largest absolute Gasteiger partial charge is 0.380 e. The molecule has 1 amide bonds. The van der Waals surface area contributed by atoms with Gasteiger partial charge in [0.25, 0.3) is 5.91 Å². The number of fused-ring (bicyclic) bond motifs is 1. The first-order valence-corrected chi connectivity index (χ1v) is 8.50. The molecule has 0 radical (unpaired) electrons. The van der Waals surface area contributed by atoms with Crippen LogP contribution in [0.25, 0.3) is 5.52 Å². The second-order valence-electron chi connectivity index (χ2n) is 6.32. The van der Waals surface area contributed by atoms with Crippen molar-refractivity contribution in [1.29, 1.82) is 0 Å². The molecule has 1 fully saturated rings. The van der Waals surface area contributed by atoms with Crippen LogP contribution >= 0.6 is 0 Å². The van der Waals surface area contributed by atoms with Crippen LogP contribution in [0.5, 0.6) is 0 Å². The highest BCUT2D eigenvalue weighted by atomic mass is 16.5. The summed E-state index contributed by atoms with van der Waals surface area (Å²) in [4.78, 5) is 27.1. The molecule has 4 rings (SSSR count). The number of amides is 1. The molecule has 26 heavy (non-hydrogen) atoms. The van der Waals surface area contributed by atoms with Crippen LogP contribution in [0.3, 0.4) is 0 Å². The summed E-state index contributed by atoms with van der Waals surface area (Å²) in [6.45, 7) is 1.26. The molecule has 1 aliphatic rings. The van der Waals surface area contributed by atoms with Gasteiger partial charge in [-0.3, -0.25) is 4.79 Å². The number of aromatic nitrogens is 4. The van der Waals surface area contributed by atoms with E-state index in [0.29, 0.717) is 12.1 Å². The van der Waals surface area contributed by atoms with E-state index in [1.165, 1.54) is 6.33 Å². The Balaban J connectivity index is 1.45. The van der Waals surface area contributed by atoms with Gasteiger partial charge < -0.3 is 19.4 Å². The second kappa shape index (κ2) is 7.09. The lowest BCUT2D eigenvalue weighted by Crippen LogP contribution is -2.40. The van der Waals surface area contributed by atoms with E-state index in [2.05, 4.69) is 25.2 Å². The van der Waals surface area contributed by atoms with Gasteiger partial charge in [-0.05, 0) is 24.6 Å². The molecule has 1 saturated heterocycles. The number of hydrogen-bond acceptors (Lipinski definition) is 6. The quantitative estimate of drug-likeness (QED) is 0.741. The van der Waals surface area contributed by atoms with Crippen molar-refractivity contribution in [2.75, 3.05) is 25.1 Å². The van der Waals surface area contributed by atoms with Crippen molar-refractivity contribution in [2.24, 2.45) is 0 Å². The summed E-state index contributed by atoms with van der Waals surface area (Å²) in [6, 6.07) is 5.68. The standard InChI is InChI=1S/C18H20N6O2/c1-26-16-6-15(24(10-16)17-4-5-19-11-22-17)8-21-18(25)13-2-3-14-7-20-12-23(14)9-13/h2-5,7,9,11-12,15-16H,6,8,10H2,1H3,(H,21,25)/t15-,16-/m1/s1. The lowest BCUT2D eigenvalue weighted by molar-refractivity contribution is 0.0946. The number of nitrogens with zero attached hydrogens (tertiary/aromatic N) is 5. The summed E-state index contributed by atoms with van der Waals surface area (Å²) in [5, 5.41) is 3.03. The van der Waals surface area contributed by atoms with Crippen molar-refractivity contribution in [3.05, 3.63) is 55.0 Å². The minimum atomic E-state index is -0.107. The summed E-state index contributed by atoms with van der Waals surface area (Å²) >= 11 is 0. The van der Waals surface area contributed by atoms with E-state index in [-0.39, 0.29) is 18.1 Å². The number of methoxy groups -OCH3 is 1. The average Bonchev–Trinajstić information content (AvgIpc) is 3.32. The van der Waals surface area contributed by atoms with Crippen molar-refractivity contribution < 1.29 is 9.53 Å². The number of imidazole rings is 1. The molecule has 8 heteroatoms. The average molecular weight is 352 g/mol. The molecule has 134 valence electrons. The zero-order valence-corrected chi connectivity index (χ0v) is 14.4. The smallest absolute Gasteiger partial charge is 0.252 e. The number of ether oxygens (including phenoxy) is 1. The van der Waals surface area contributed by atoms with E-state index in [1.807, 2.05) is 16.5 Å². The fourth-order valence-corrected chi connectivity index (χ4v) is 3.34. The lowest BCUT2D eigenvalue weighted by atomic mass is 10.2. The molecule has 2 atom stereocenters. The van der Waals surface area contributed by atoms with Gasteiger partial charge in [0.15, 0.2) is 0 Å². The highest BCUT2D eigenvalue weighted by molar-refractivity contribution is 5.94. The van der Waals surface area contributed by atoms with E-state index < -0.39 is 0 Å². The number of rotatable bonds is 5. The summed E-state index contributed by atoms with van der Waals surface area (Å²) in [5.74, 6) is 0.739. The molecule has 0 unspecified atom stereocenters. The molecular formula is C18H20N6O2. The fraction of sp³-hybridized carbons (Fsp3) is 0.333. The monoisotopic (exact) mass is 352 g/mol. The number of carbonyl (C=O) groups is 1. The van der Waals surface area contributed by atoms with Crippen LogP contribution < -0.4 is 10.2 Å². The molecule has 3 aromatic rings. The van der Waals surface area contributed by atoms with Crippen LogP contribution in [0.2, 0.25) is 0 Å². The molecular weight excluding hydrogens is 332 g/mol. The van der Waals surface area contributed by atoms with Gasteiger partial charge in [0.2, 0.25) is 0 Å². The van der Waals surface area contributed by atoms with Gasteiger partial charge in [0.1, 0.15) is 12.1 Å². The highest BCUT2D eigenvalue weighted by Gasteiger charge is 2.33. The van der Waals surface area contributed by atoms with E-state index in [9.17, 15) is 4.79 Å². The molecule has 0 bridgehead atoms. The van der Waals surface area contributed by atoms with E-state index in [1.54, 1.807) is 38.1 Å². The van der Waals surface area contributed by atoms with Crippen LogP contribution in [-0.4, -0.2) is 57.6 Å². The maximum Gasteiger partial charge on any atom is 0.252 e. The highest BCUT2D eigenvalue weighted by Crippen LogP contribution is 2.24. The Morgan fingerprint density at radius 2 is 2.27 bits per heavy atom. The Kier molecular flexibility index (Phi) is 4.49. The molecule has 4 heterocycles. The Morgan fingerprint density at radius 3 is 3.08 bits per heavy atom. The van der Waals surface area contributed by atoms with Gasteiger partial charge in [-0.2, -0.15) is 0 Å². The second-order valence-corrected chi connectivity index (χ2v) is 6.32. The van der Waals surface area contributed by atoms with E-state index in [4.69, 9.17) is 4.74 Å². The van der Waals surface area contributed by atoms with Gasteiger partial charge in [-0.1, -0.05) is 0 Å². The van der Waals surface area contributed by atoms with Crippen molar-refractivity contribution in [2.45, 2.75) is 18.6 Å². The molecule has 8 nitrogen and oxygen atoms in total. The number of anilines is 1. The van der Waals surface area contributed by atoms with Gasteiger partial charge in [0, 0.05) is 32.6 Å². The fourth-order valence-electron chi connectivity index (χ4n) is 3.34. The molecule has 3 aromatic heterocycles. The third-order valence-corrected chi connectivity index (χ3v) is 4.74. The topological polar surface area (TPSA) is 84.6 Å². The first kappa shape index (κ1) is 16.5. The zero-order chi connectivity index (χ0) is 17.9. The van der Waals surface area contributed by atoms with Crippen LogP contribution in [0.4, 0.5) is 5.82 Å². The Bertz CT molecular complexity index is 897. The Morgan fingerprint density at radius 1 is 1.35 bits per heavy atom. The van der Waals surface area contributed by atoms with Crippen LogP contribution in [-0.2, 0) is 4.74 Å². The lowest BCUT2D eigenvalue weighted by Gasteiger charge is -2.25. The van der Waals surface area contributed by atoms with Gasteiger partial charge in [-0.25, -0.2) is 15.0 Å². The first-order chi connectivity index (χ1) is 12.7. The Labute approximate surface area is 150 Å². The van der Waals surface area contributed by atoms with Crippen LogP contribution in [0.15, 0.2) is 49.4 Å². The summed E-state index contributed by atoms with van der Waals surface area (Å²) in [5.41, 5.74) is 1.56. The van der Waals surface area contributed by atoms with E-state index >= 15 is 0 Å². The van der Waals surface area contributed by atoms with Crippen molar-refractivity contribution in [3.63, 3.8) is 0 Å². The molecule has 0 saturated carbocycles. The number of carbonyl (C=O) groups excluding carboxylic acids is 1. The molecule has 0 spiro atoms. The third kappa shape index (κ3) is 3.23. The molecule has 0 aromatic carbocycles. The van der Waals surface area contributed by atoms with Crippen molar-refractivity contribution >= 4 is 17.2 Å². The molecule has 1 N–H and O–H groups in total. The minimum Gasteiger partial charge on any atom is -0.380 e. The summed E-state index contributed by atoms with van der Waals surface area (Å²) in [7, 11) is 1.71. The zero-order valence-electron chi connectivity index (χ0n) is 14.4. The van der Waals surface area contributed by atoms with Crippen LogP contribution in [0, 0.1) is 0 Å². The normalized spacial score (nSPS) is 19.8. The minimum absolute atomic E-state index is 0.107. The Hall–Kier alpha value is -3.00. The predicted octanol–water partition coefficient (Wildman–Crippen LogP) is 1.15. The van der Waals surface area contributed by atoms with Gasteiger partial charge in [0.05, 0.1) is 35.8 Å².